The van der Waals surface area contributed by atoms with Crippen LogP contribution < -0.4 is 5.73 Å². The second kappa shape index (κ2) is 5.97. The van der Waals surface area contributed by atoms with Crippen LogP contribution in [0.1, 0.15) is 0 Å². The average molecular weight is 420 g/mol. The molecule has 0 atom stereocenters. The molecule has 1 aromatic heterocycles. The Hall–Kier alpha value is -3.06. The van der Waals surface area contributed by atoms with Gasteiger partial charge in [0.2, 0.25) is 0 Å². The Labute approximate surface area is 158 Å². The van der Waals surface area contributed by atoms with Gasteiger partial charge in [0.1, 0.15) is 15.9 Å². The van der Waals surface area contributed by atoms with Gasteiger partial charge < -0.3 is 5.73 Å². The highest BCUT2D eigenvalue weighted by Crippen LogP contribution is 2.32. The maximum atomic E-state index is 11.8. The molecule has 3 aromatic carbocycles. The summed E-state index contributed by atoms with van der Waals surface area (Å²) in [6.07, 6.45) is 0. The fourth-order valence-corrected chi connectivity index (χ4v) is 4.05. The summed E-state index contributed by atoms with van der Waals surface area (Å²) in [5.41, 5.74) is 7.20. The number of nitrogens with two attached hydrogens (primary N) is 1. The molecule has 0 spiro atoms. The van der Waals surface area contributed by atoms with Crippen molar-refractivity contribution in [2.24, 2.45) is 0 Å². The largest absolute Gasteiger partial charge is 0.399 e. The van der Waals surface area contributed by atoms with Crippen LogP contribution in [0.4, 0.5) is 5.69 Å². The van der Waals surface area contributed by atoms with E-state index < -0.39 is 30.0 Å². The van der Waals surface area contributed by atoms with E-state index in [0.29, 0.717) is 11.4 Å². The van der Waals surface area contributed by atoms with Crippen molar-refractivity contribution in [2.45, 2.75) is 9.79 Å². The first kappa shape index (κ1) is 18.3. The Morgan fingerprint density at radius 3 is 2.11 bits per heavy atom. The normalized spacial score (nSPS) is 12.6. The summed E-state index contributed by atoms with van der Waals surface area (Å²) in [6, 6.07) is 11.0. The van der Waals surface area contributed by atoms with Crippen LogP contribution in [-0.4, -0.2) is 40.9 Å². The van der Waals surface area contributed by atoms with Gasteiger partial charge in [-0.1, -0.05) is 6.07 Å². The lowest BCUT2D eigenvalue weighted by atomic mass is 10.1. The van der Waals surface area contributed by atoms with Gasteiger partial charge in [-0.25, -0.2) is 0 Å². The molecule has 12 heteroatoms. The van der Waals surface area contributed by atoms with E-state index in [1.54, 1.807) is 24.3 Å². The molecule has 144 valence electrons. The lowest BCUT2D eigenvalue weighted by molar-refractivity contribution is 0.480. The Morgan fingerprint density at radius 2 is 1.50 bits per heavy atom. The van der Waals surface area contributed by atoms with Gasteiger partial charge in [0.05, 0.1) is 10.6 Å². The number of aromatic nitrogens is 3. The fourth-order valence-electron chi connectivity index (χ4n) is 2.84. The molecule has 1 heterocycles. The van der Waals surface area contributed by atoms with Crippen molar-refractivity contribution >= 4 is 47.7 Å². The van der Waals surface area contributed by atoms with Crippen LogP contribution >= 0.6 is 0 Å². The molecule has 10 nitrogen and oxygen atoms in total. The summed E-state index contributed by atoms with van der Waals surface area (Å²) in [5, 5.41) is 8.68. The molecule has 0 aliphatic carbocycles. The van der Waals surface area contributed by atoms with Crippen LogP contribution in [-0.2, 0) is 20.2 Å². The topological polar surface area (TPSA) is 165 Å². The molecular weight excluding hydrogens is 408 g/mol. The van der Waals surface area contributed by atoms with E-state index in [1.807, 2.05) is 0 Å². The monoisotopic (exact) mass is 420 g/mol. The Balaban J connectivity index is 2.09. The van der Waals surface area contributed by atoms with Gasteiger partial charge in [-0.2, -0.15) is 21.6 Å². The second-order valence-electron chi connectivity index (χ2n) is 5.98. The van der Waals surface area contributed by atoms with E-state index in [9.17, 15) is 25.9 Å². The smallest absolute Gasteiger partial charge is 0.295 e. The first-order valence-corrected chi connectivity index (χ1v) is 10.6. The minimum Gasteiger partial charge on any atom is -0.399 e. The van der Waals surface area contributed by atoms with Gasteiger partial charge in [0.25, 0.3) is 20.2 Å². The van der Waals surface area contributed by atoms with Crippen molar-refractivity contribution in [3.8, 4) is 5.69 Å². The van der Waals surface area contributed by atoms with Crippen LogP contribution in [0.25, 0.3) is 27.5 Å². The lowest BCUT2D eigenvalue weighted by Crippen LogP contribution is -2.02. The van der Waals surface area contributed by atoms with Gasteiger partial charge in [-0.05, 0) is 42.5 Å². The summed E-state index contributed by atoms with van der Waals surface area (Å²) >= 11 is 0. The highest BCUT2D eigenvalue weighted by Gasteiger charge is 2.21. The average Bonchev–Trinajstić information content (AvgIpc) is 3.04. The highest BCUT2D eigenvalue weighted by molar-refractivity contribution is 7.86. The van der Waals surface area contributed by atoms with E-state index in [2.05, 4.69) is 10.2 Å². The summed E-state index contributed by atoms with van der Waals surface area (Å²) < 4.78 is 65.4. The maximum absolute atomic E-state index is 11.8. The van der Waals surface area contributed by atoms with E-state index in [1.165, 1.54) is 10.9 Å². The lowest BCUT2D eigenvalue weighted by Gasteiger charge is -2.06. The zero-order chi connectivity index (χ0) is 20.3. The molecule has 4 rings (SSSR count). The second-order valence-corrected chi connectivity index (χ2v) is 8.79. The molecule has 0 radical (unpaired) electrons. The molecule has 0 aliphatic heterocycles. The first-order valence-electron chi connectivity index (χ1n) is 7.69. The summed E-state index contributed by atoms with van der Waals surface area (Å²) in [6.45, 7) is 0. The minimum atomic E-state index is -4.71. The van der Waals surface area contributed by atoms with Gasteiger partial charge >= 0.3 is 0 Å². The number of fused-ring (bicyclic) bond motifs is 3. The molecule has 4 N–H and O–H groups in total. The molecule has 0 aliphatic rings. The number of anilines is 1. The Bertz CT molecular complexity index is 1460. The van der Waals surface area contributed by atoms with Crippen molar-refractivity contribution in [2.75, 3.05) is 5.73 Å². The third-order valence-electron chi connectivity index (χ3n) is 4.12. The quantitative estimate of drug-likeness (QED) is 0.330. The van der Waals surface area contributed by atoms with Crippen molar-refractivity contribution < 1.29 is 25.9 Å². The number of hydrogen-bond donors (Lipinski definition) is 3. The molecule has 0 amide bonds. The van der Waals surface area contributed by atoms with Gasteiger partial charge in [-0.15, -0.1) is 10.2 Å². The number of nitrogens with zero attached hydrogens (tertiary/aromatic N) is 3. The van der Waals surface area contributed by atoms with Gasteiger partial charge in [-0.3, -0.25) is 9.11 Å². The number of hydrogen-bond acceptors (Lipinski definition) is 7. The molecule has 0 unspecified atom stereocenters. The molecule has 4 aromatic rings. The third-order valence-corrected chi connectivity index (χ3v) is 5.86. The molecule has 0 saturated heterocycles. The van der Waals surface area contributed by atoms with Gasteiger partial charge in [0, 0.05) is 16.5 Å². The molecule has 0 saturated carbocycles. The predicted molar refractivity (Wildman–Crippen MR) is 100 cm³/mol. The minimum absolute atomic E-state index is 0.116. The molecule has 0 bridgehead atoms. The predicted octanol–water partition coefficient (Wildman–Crippen LogP) is 1.65. The third kappa shape index (κ3) is 3.07. The van der Waals surface area contributed by atoms with Crippen LogP contribution in [0, 0.1) is 0 Å². The molecule has 28 heavy (non-hydrogen) atoms. The SMILES string of the molecule is Nc1ccc(-n2nc3cc(S(=O)(=O)O)c4cc(S(=O)(=O)O)ccc4c3n2)cc1. The number of rotatable bonds is 3. The first-order chi connectivity index (χ1) is 13.0. The van der Waals surface area contributed by atoms with E-state index in [4.69, 9.17) is 5.73 Å². The molecule has 0 fully saturated rings. The summed E-state index contributed by atoms with van der Waals surface area (Å²) in [5.74, 6) is 0. The van der Waals surface area contributed by atoms with Crippen LogP contribution in [0.5, 0.6) is 0 Å². The number of benzene rings is 3. The van der Waals surface area contributed by atoms with Crippen molar-refractivity contribution in [1.82, 2.24) is 15.0 Å². The van der Waals surface area contributed by atoms with Crippen molar-refractivity contribution in [3.05, 3.63) is 48.5 Å². The molecular formula is C16H12N4O6S2. The maximum Gasteiger partial charge on any atom is 0.295 e. The summed E-state index contributed by atoms with van der Waals surface area (Å²) in [4.78, 5) is 0.189. The summed E-state index contributed by atoms with van der Waals surface area (Å²) in [7, 11) is -9.30. The standard InChI is InChI=1S/C16H12N4O6S2/c17-9-1-3-10(4-2-9)20-18-14-8-15(28(24,25)26)13-7-11(27(21,22)23)5-6-12(13)16(14)19-20/h1-8H,17H2,(H,21,22,23)(H,24,25,26). The fraction of sp³-hybridized carbons (Fsp3) is 0. The number of nitrogen functional groups attached to an aromatic ring is 1. The van der Waals surface area contributed by atoms with Gasteiger partial charge in [0.15, 0.2) is 0 Å². The van der Waals surface area contributed by atoms with E-state index in [0.717, 1.165) is 18.2 Å². The zero-order valence-electron chi connectivity index (χ0n) is 13.9. The van der Waals surface area contributed by atoms with Crippen LogP contribution in [0.3, 0.4) is 0 Å². The van der Waals surface area contributed by atoms with Crippen molar-refractivity contribution in [1.29, 1.82) is 0 Å². The van der Waals surface area contributed by atoms with Crippen LogP contribution in [0.2, 0.25) is 0 Å². The Morgan fingerprint density at radius 1 is 0.821 bits per heavy atom. The van der Waals surface area contributed by atoms with E-state index >= 15 is 0 Å². The zero-order valence-corrected chi connectivity index (χ0v) is 15.5. The Kier molecular flexibility index (Phi) is 3.90. The van der Waals surface area contributed by atoms with Crippen LogP contribution in [0.15, 0.2) is 58.3 Å². The highest BCUT2D eigenvalue weighted by atomic mass is 32.2. The van der Waals surface area contributed by atoms with E-state index in [-0.39, 0.29) is 21.8 Å². The van der Waals surface area contributed by atoms with Crippen molar-refractivity contribution in [3.63, 3.8) is 0 Å².